The Morgan fingerprint density at radius 3 is 2.30 bits per heavy atom. The summed E-state index contributed by atoms with van der Waals surface area (Å²) in [6.07, 6.45) is 0.655. The zero-order chi connectivity index (χ0) is 14.9. The van der Waals surface area contributed by atoms with Gasteiger partial charge in [0.25, 0.3) is 0 Å². The number of amides is 2. The molecule has 0 aromatic heterocycles. The first kappa shape index (κ1) is 14.4. The number of nitrogens with zero attached hydrogens (tertiary/aromatic N) is 1. The molecule has 106 valence electrons. The van der Waals surface area contributed by atoms with Gasteiger partial charge in [0.05, 0.1) is 5.69 Å². The van der Waals surface area contributed by atoms with Crippen LogP contribution in [-0.4, -0.2) is 17.6 Å². The number of carbonyl (C=O) groups excluding carboxylic acids is 3. The Labute approximate surface area is 118 Å². The van der Waals surface area contributed by atoms with Gasteiger partial charge >= 0.3 is 0 Å². The summed E-state index contributed by atoms with van der Waals surface area (Å²) in [5.41, 5.74) is 1.49. The van der Waals surface area contributed by atoms with Crippen LogP contribution in [0.15, 0.2) is 24.3 Å². The molecule has 0 radical (unpaired) electrons. The van der Waals surface area contributed by atoms with Crippen LogP contribution in [0, 0.1) is 11.8 Å². The third-order valence-electron chi connectivity index (χ3n) is 3.59. The van der Waals surface area contributed by atoms with E-state index in [0.717, 1.165) is 5.56 Å². The second-order valence-corrected chi connectivity index (χ2v) is 5.64. The minimum absolute atomic E-state index is 0.0114. The fourth-order valence-corrected chi connectivity index (χ4v) is 2.22. The van der Waals surface area contributed by atoms with Gasteiger partial charge in [0.2, 0.25) is 11.8 Å². The highest BCUT2D eigenvalue weighted by atomic mass is 16.2. The molecule has 1 aliphatic heterocycles. The summed E-state index contributed by atoms with van der Waals surface area (Å²) in [6, 6.07) is 7.08. The lowest BCUT2D eigenvalue weighted by atomic mass is 10.0. The molecule has 1 fully saturated rings. The van der Waals surface area contributed by atoms with Crippen LogP contribution in [-0.2, 0) is 20.8 Å². The third-order valence-corrected chi connectivity index (χ3v) is 3.59. The van der Waals surface area contributed by atoms with E-state index in [0.29, 0.717) is 12.1 Å². The van der Waals surface area contributed by atoms with Gasteiger partial charge in [-0.1, -0.05) is 32.9 Å². The van der Waals surface area contributed by atoms with E-state index in [4.69, 9.17) is 0 Å². The van der Waals surface area contributed by atoms with Crippen molar-refractivity contribution in [2.24, 2.45) is 11.8 Å². The fraction of sp³-hybridized carbons (Fsp3) is 0.438. The lowest BCUT2D eigenvalue weighted by Gasteiger charge is -2.15. The number of Topliss-reactive ketones (excluding diaryl/α,β-unsaturated/α-hetero) is 1. The van der Waals surface area contributed by atoms with Crippen LogP contribution in [0.4, 0.5) is 5.69 Å². The van der Waals surface area contributed by atoms with Crippen molar-refractivity contribution >= 4 is 23.3 Å². The molecule has 4 nitrogen and oxygen atoms in total. The average Bonchev–Trinajstić information content (AvgIpc) is 2.64. The maximum atomic E-state index is 11.9. The molecule has 0 bridgehead atoms. The van der Waals surface area contributed by atoms with E-state index in [2.05, 4.69) is 0 Å². The zero-order valence-corrected chi connectivity index (χ0v) is 12.1. The van der Waals surface area contributed by atoms with Crippen LogP contribution >= 0.6 is 0 Å². The van der Waals surface area contributed by atoms with Crippen LogP contribution in [0.3, 0.4) is 0 Å². The zero-order valence-electron chi connectivity index (χ0n) is 12.1. The van der Waals surface area contributed by atoms with Gasteiger partial charge < -0.3 is 0 Å². The quantitative estimate of drug-likeness (QED) is 0.791. The first-order chi connectivity index (χ1) is 9.40. The van der Waals surface area contributed by atoms with E-state index in [-0.39, 0.29) is 35.9 Å². The smallest absolute Gasteiger partial charge is 0.237 e. The number of anilines is 1. The molecule has 2 amide bonds. The molecule has 0 spiro atoms. The molecule has 1 atom stereocenters. The number of hydrogen-bond acceptors (Lipinski definition) is 3. The highest BCUT2D eigenvalue weighted by Crippen LogP contribution is 2.26. The predicted octanol–water partition coefficient (Wildman–Crippen LogP) is 2.35. The highest BCUT2D eigenvalue weighted by Gasteiger charge is 2.36. The molecule has 1 aromatic rings. The number of carbonyl (C=O) groups is 3. The summed E-state index contributed by atoms with van der Waals surface area (Å²) in [5, 5.41) is 0. The minimum Gasteiger partial charge on any atom is -0.299 e. The van der Waals surface area contributed by atoms with E-state index in [1.165, 1.54) is 4.90 Å². The lowest BCUT2D eigenvalue weighted by Crippen LogP contribution is -2.29. The monoisotopic (exact) mass is 273 g/mol. The molecule has 1 unspecified atom stereocenters. The van der Waals surface area contributed by atoms with Crippen LogP contribution in [0.2, 0.25) is 0 Å². The Balaban J connectivity index is 2.14. The largest absolute Gasteiger partial charge is 0.299 e. The van der Waals surface area contributed by atoms with Gasteiger partial charge in [-0.15, -0.1) is 0 Å². The highest BCUT2D eigenvalue weighted by molar-refractivity contribution is 6.20. The Kier molecular flexibility index (Phi) is 4.02. The molecule has 0 saturated carbocycles. The summed E-state index contributed by atoms with van der Waals surface area (Å²) >= 11 is 0. The van der Waals surface area contributed by atoms with Crippen molar-refractivity contribution in [1.82, 2.24) is 0 Å². The lowest BCUT2D eigenvalue weighted by molar-refractivity contribution is -0.122. The van der Waals surface area contributed by atoms with Gasteiger partial charge in [0.1, 0.15) is 5.78 Å². The normalized spacial score (nSPS) is 19.0. The molecule has 2 rings (SSSR count). The van der Waals surface area contributed by atoms with E-state index < -0.39 is 0 Å². The standard InChI is InChI=1S/C16H19NO3/c1-10(2)14(18)9-12-4-6-13(7-5-12)17-15(19)8-11(3)16(17)20/h4-7,10-11H,8-9H2,1-3H3. The number of ketones is 1. The van der Waals surface area contributed by atoms with Crippen LogP contribution in [0.5, 0.6) is 0 Å². The molecule has 4 heteroatoms. The van der Waals surface area contributed by atoms with Gasteiger partial charge in [-0.05, 0) is 17.7 Å². The van der Waals surface area contributed by atoms with Crippen LogP contribution in [0.1, 0.15) is 32.8 Å². The van der Waals surface area contributed by atoms with Crippen LogP contribution in [0.25, 0.3) is 0 Å². The van der Waals surface area contributed by atoms with Crippen molar-refractivity contribution in [3.8, 4) is 0 Å². The number of imide groups is 1. The maximum Gasteiger partial charge on any atom is 0.237 e. The van der Waals surface area contributed by atoms with Gasteiger partial charge in [-0.25, -0.2) is 0 Å². The van der Waals surface area contributed by atoms with Crippen molar-refractivity contribution < 1.29 is 14.4 Å². The Morgan fingerprint density at radius 1 is 1.25 bits per heavy atom. The van der Waals surface area contributed by atoms with Gasteiger partial charge in [0, 0.05) is 24.7 Å². The topological polar surface area (TPSA) is 54.5 Å². The fourth-order valence-electron chi connectivity index (χ4n) is 2.22. The molecule has 1 aliphatic rings. The SMILES string of the molecule is CC(C)C(=O)Cc1ccc(N2C(=O)CC(C)C2=O)cc1. The minimum atomic E-state index is -0.246. The van der Waals surface area contributed by atoms with Gasteiger partial charge in [-0.3, -0.25) is 19.3 Å². The summed E-state index contributed by atoms with van der Waals surface area (Å²) < 4.78 is 0. The molecule has 1 aromatic carbocycles. The Bertz CT molecular complexity index is 545. The predicted molar refractivity (Wildman–Crippen MR) is 76.3 cm³/mol. The van der Waals surface area contributed by atoms with Crippen molar-refractivity contribution in [3.05, 3.63) is 29.8 Å². The van der Waals surface area contributed by atoms with Gasteiger partial charge in [-0.2, -0.15) is 0 Å². The maximum absolute atomic E-state index is 11.9. The second kappa shape index (κ2) is 5.57. The third kappa shape index (κ3) is 2.79. The molecule has 20 heavy (non-hydrogen) atoms. The first-order valence-electron chi connectivity index (χ1n) is 6.88. The van der Waals surface area contributed by atoms with Crippen molar-refractivity contribution in [1.29, 1.82) is 0 Å². The Morgan fingerprint density at radius 2 is 1.85 bits per heavy atom. The number of benzene rings is 1. The Hall–Kier alpha value is -1.97. The van der Waals surface area contributed by atoms with Crippen LogP contribution < -0.4 is 4.90 Å². The number of rotatable bonds is 4. The van der Waals surface area contributed by atoms with E-state index in [1.807, 2.05) is 13.8 Å². The van der Waals surface area contributed by atoms with E-state index in [1.54, 1.807) is 31.2 Å². The van der Waals surface area contributed by atoms with Crippen molar-refractivity contribution in [3.63, 3.8) is 0 Å². The summed E-state index contributed by atoms with van der Waals surface area (Å²) in [6.45, 7) is 5.51. The molecule has 1 heterocycles. The average molecular weight is 273 g/mol. The van der Waals surface area contributed by atoms with E-state index in [9.17, 15) is 14.4 Å². The first-order valence-corrected chi connectivity index (χ1v) is 6.88. The summed E-state index contributed by atoms with van der Waals surface area (Å²) in [5.74, 6) is -0.365. The molecule has 1 saturated heterocycles. The second-order valence-electron chi connectivity index (χ2n) is 5.64. The summed E-state index contributed by atoms with van der Waals surface area (Å²) in [7, 11) is 0. The molecular weight excluding hydrogens is 254 g/mol. The molecule has 0 aliphatic carbocycles. The van der Waals surface area contributed by atoms with E-state index >= 15 is 0 Å². The summed E-state index contributed by atoms with van der Waals surface area (Å²) in [4.78, 5) is 36.6. The molecular formula is C16H19NO3. The number of hydrogen-bond donors (Lipinski definition) is 0. The molecule has 0 N–H and O–H groups in total. The van der Waals surface area contributed by atoms with Gasteiger partial charge in [0.15, 0.2) is 0 Å². The van der Waals surface area contributed by atoms with Crippen molar-refractivity contribution in [2.75, 3.05) is 4.90 Å². The van der Waals surface area contributed by atoms with Crippen molar-refractivity contribution in [2.45, 2.75) is 33.6 Å².